The van der Waals surface area contributed by atoms with E-state index in [9.17, 15) is 4.79 Å². The van der Waals surface area contributed by atoms with Crippen molar-refractivity contribution in [3.8, 4) is 5.75 Å². The van der Waals surface area contributed by atoms with E-state index < -0.39 is 5.60 Å². The second-order valence-electron chi connectivity index (χ2n) is 5.34. The van der Waals surface area contributed by atoms with Gasteiger partial charge in [0.05, 0.1) is 12.8 Å². The van der Waals surface area contributed by atoms with Crippen LogP contribution in [-0.2, 0) is 16.2 Å². The van der Waals surface area contributed by atoms with Crippen LogP contribution in [0.5, 0.6) is 5.75 Å². The van der Waals surface area contributed by atoms with Crippen LogP contribution in [0.15, 0.2) is 29.4 Å². The molecule has 1 aromatic rings. The second-order valence-corrected chi connectivity index (χ2v) is 5.34. The molecule has 20 heavy (non-hydrogen) atoms. The van der Waals surface area contributed by atoms with Gasteiger partial charge in [-0.2, -0.15) is 0 Å². The number of likely N-dealkylation sites (N-methyl/N-ethyl adjacent to an activating group) is 1. The number of amides is 1. The molecule has 1 aromatic carbocycles. The molecule has 1 aliphatic heterocycles. The van der Waals surface area contributed by atoms with Gasteiger partial charge in [-0.25, -0.2) is 0 Å². The van der Waals surface area contributed by atoms with E-state index in [1.807, 2.05) is 31.2 Å². The molecule has 0 N–H and O–H groups in total. The lowest BCUT2D eigenvalue weighted by Gasteiger charge is -2.27. The van der Waals surface area contributed by atoms with E-state index in [0.29, 0.717) is 13.0 Å². The van der Waals surface area contributed by atoms with Gasteiger partial charge >= 0.3 is 0 Å². The number of ether oxygens (including phenoxy) is 1. The summed E-state index contributed by atoms with van der Waals surface area (Å²) in [4.78, 5) is 19.4. The summed E-state index contributed by atoms with van der Waals surface area (Å²) in [6.07, 6.45) is 0.536. The molecule has 0 aromatic heterocycles. The van der Waals surface area contributed by atoms with Crippen LogP contribution in [0.3, 0.4) is 0 Å². The molecule has 0 saturated heterocycles. The number of methoxy groups -OCH3 is 1. The minimum atomic E-state index is -0.877. The third-order valence-corrected chi connectivity index (χ3v) is 3.35. The minimum absolute atomic E-state index is 0.0686. The number of nitrogens with zero attached hydrogens (tertiary/aromatic N) is 2. The molecule has 1 aliphatic rings. The van der Waals surface area contributed by atoms with Crippen LogP contribution in [0.2, 0.25) is 0 Å². The summed E-state index contributed by atoms with van der Waals surface area (Å²) in [6, 6.07) is 7.67. The summed E-state index contributed by atoms with van der Waals surface area (Å²) in [7, 11) is 3.39. The molecule has 0 bridgehead atoms. The Morgan fingerprint density at radius 3 is 2.90 bits per heavy atom. The van der Waals surface area contributed by atoms with E-state index >= 15 is 0 Å². The standard InChI is InChI=1S/C15H20N2O3/c1-11-9-15(2,20-16-11)14(18)17(3)10-12-6-5-7-13(8-12)19-4/h5-8H,9-10H2,1-4H3/t15-/m0/s1. The zero-order valence-electron chi connectivity index (χ0n) is 12.3. The highest BCUT2D eigenvalue weighted by molar-refractivity contribution is 5.94. The maximum absolute atomic E-state index is 12.5. The molecule has 0 fully saturated rings. The molecule has 1 atom stereocenters. The average molecular weight is 276 g/mol. The van der Waals surface area contributed by atoms with Crippen LogP contribution in [0.25, 0.3) is 0 Å². The molecule has 0 unspecified atom stereocenters. The van der Waals surface area contributed by atoms with Gasteiger partial charge in [-0.1, -0.05) is 17.3 Å². The topological polar surface area (TPSA) is 51.1 Å². The fourth-order valence-electron chi connectivity index (χ4n) is 2.37. The van der Waals surface area contributed by atoms with Crippen molar-refractivity contribution in [2.75, 3.05) is 14.2 Å². The summed E-state index contributed by atoms with van der Waals surface area (Å²) < 4.78 is 5.18. The van der Waals surface area contributed by atoms with Gasteiger partial charge in [0.15, 0.2) is 0 Å². The fourth-order valence-corrected chi connectivity index (χ4v) is 2.37. The van der Waals surface area contributed by atoms with Crippen LogP contribution in [0, 0.1) is 0 Å². The number of carbonyl (C=O) groups is 1. The molecular formula is C15H20N2O3. The number of hydrogen-bond acceptors (Lipinski definition) is 4. The smallest absolute Gasteiger partial charge is 0.269 e. The van der Waals surface area contributed by atoms with Gasteiger partial charge < -0.3 is 14.5 Å². The van der Waals surface area contributed by atoms with Gasteiger partial charge in [-0.05, 0) is 31.5 Å². The number of carbonyl (C=O) groups excluding carboxylic acids is 1. The van der Waals surface area contributed by atoms with Crippen molar-refractivity contribution < 1.29 is 14.4 Å². The molecule has 0 aliphatic carbocycles. The molecule has 5 nitrogen and oxygen atoms in total. The van der Waals surface area contributed by atoms with Crippen molar-refractivity contribution in [3.05, 3.63) is 29.8 Å². The molecule has 0 saturated carbocycles. The molecule has 1 heterocycles. The zero-order valence-corrected chi connectivity index (χ0v) is 12.3. The van der Waals surface area contributed by atoms with Crippen molar-refractivity contribution in [3.63, 3.8) is 0 Å². The Labute approximate surface area is 119 Å². The average Bonchev–Trinajstić information content (AvgIpc) is 2.79. The molecule has 0 spiro atoms. The first-order valence-corrected chi connectivity index (χ1v) is 6.55. The summed E-state index contributed by atoms with van der Waals surface area (Å²) in [6.45, 7) is 4.14. The first-order chi connectivity index (χ1) is 9.44. The van der Waals surface area contributed by atoms with Gasteiger partial charge in [-0.3, -0.25) is 4.79 Å². The van der Waals surface area contributed by atoms with E-state index in [1.54, 1.807) is 26.0 Å². The molecule has 108 valence electrons. The SMILES string of the molecule is COc1cccc(CN(C)C(=O)[C@]2(C)CC(C)=NO2)c1. The maximum atomic E-state index is 12.5. The number of rotatable bonds is 4. The largest absolute Gasteiger partial charge is 0.497 e. The normalized spacial score (nSPS) is 21.1. The van der Waals surface area contributed by atoms with Gasteiger partial charge in [0.2, 0.25) is 5.60 Å². The maximum Gasteiger partial charge on any atom is 0.269 e. The van der Waals surface area contributed by atoms with E-state index in [-0.39, 0.29) is 5.91 Å². The number of hydrogen-bond donors (Lipinski definition) is 0. The highest BCUT2D eigenvalue weighted by Gasteiger charge is 2.42. The van der Waals surface area contributed by atoms with Crippen molar-refractivity contribution in [2.24, 2.45) is 5.16 Å². The van der Waals surface area contributed by atoms with Gasteiger partial charge in [0.25, 0.3) is 5.91 Å². The van der Waals surface area contributed by atoms with Crippen LogP contribution >= 0.6 is 0 Å². The quantitative estimate of drug-likeness (QED) is 0.847. The molecule has 0 radical (unpaired) electrons. The molecular weight excluding hydrogens is 256 g/mol. The van der Waals surface area contributed by atoms with Crippen molar-refractivity contribution in [1.82, 2.24) is 4.90 Å². The Balaban J connectivity index is 2.04. The predicted molar refractivity (Wildman–Crippen MR) is 76.7 cm³/mol. The monoisotopic (exact) mass is 276 g/mol. The van der Waals surface area contributed by atoms with Gasteiger partial charge in [0, 0.05) is 20.0 Å². The van der Waals surface area contributed by atoms with Crippen molar-refractivity contribution in [2.45, 2.75) is 32.4 Å². The highest BCUT2D eigenvalue weighted by Crippen LogP contribution is 2.26. The Kier molecular flexibility index (Phi) is 3.97. The summed E-state index contributed by atoms with van der Waals surface area (Å²) in [5.41, 5.74) is 0.979. The Hall–Kier alpha value is -2.04. The van der Waals surface area contributed by atoms with E-state index in [4.69, 9.17) is 9.57 Å². The van der Waals surface area contributed by atoms with E-state index in [1.165, 1.54) is 0 Å². The van der Waals surface area contributed by atoms with Crippen molar-refractivity contribution >= 4 is 11.6 Å². The number of benzene rings is 1. The van der Waals surface area contributed by atoms with Crippen molar-refractivity contribution in [1.29, 1.82) is 0 Å². The molecule has 5 heteroatoms. The predicted octanol–water partition coefficient (Wildman–Crippen LogP) is 2.21. The lowest BCUT2D eigenvalue weighted by Crippen LogP contribution is -2.45. The third kappa shape index (κ3) is 2.92. The van der Waals surface area contributed by atoms with Crippen LogP contribution in [0.4, 0.5) is 0 Å². The third-order valence-electron chi connectivity index (χ3n) is 3.35. The highest BCUT2D eigenvalue weighted by atomic mass is 16.7. The molecule has 2 rings (SSSR count). The van der Waals surface area contributed by atoms with Crippen LogP contribution in [0.1, 0.15) is 25.8 Å². The lowest BCUT2D eigenvalue weighted by atomic mass is 9.98. The van der Waals surface area contributed by atoms with Gasteiger partial charge in [0.1, 0.15) is 5.75 Å². The minimum Gasteiger partial charge on any atom is -0.497 e. The van der Waals surface area contributed by atoms with E-state index in [0.717, 1.165) is 17.0 Å². The summed E-state index contributed by atoms with van der Waals surface area (Å²) in [5.74, 6) is 0.715. The van der Waals surface area contributed by atoms with Crippen LogP contribution < -0.4 is 4.74 Å². The summed E-state index contributed by atoms with van der Waals surface area (Å²) in [5, 5.41) is 3.88. The van der Waals surface area contributed by atoms with Crippen LogP contribution in [-0.4, -0.2) is 36.3 Å². The zero-order chi connectivity index (χ0) is 14.8. The lowest BCUT2D eigenvalue weighted by molar-refractivity contribution is -0.152. The Bertz CT molecular complexity index is 542. The first-order valence-electron chi connectivity index (χ1n) is 6.55. The summed E-state index contributed by atoms with van der Waals surface area (Å²) >= 11 is 0. The van der Waals surface area contributed by atoms with Gasteiger partial charge in [-0.15, -0.1) is 0 Å². The first kappa shape index (κ1) is 14.4. The second kappa shape index (κ2) is 5.53. The fraction of sp³-hybridized carbons (Fsp3) is 0.467. The number of oxime groups is 1. The molecule has 1 amide bonds. The Morgan fingerprint density at radius 1 is 1.55 bits per heavy atom. The Morgan fingerprint density at radius 2 is 2.30 bits per heavy atom. The van der Waals surface area contributed by atoms with E-state index in [2.05, 4.69) is 5.16 Å².